The third-order valence-electron chi connectivity index (χ3n) is 3.63. The van der Waals surface area contributed by atoms with E-state index in [4.69, 9.17) is 14.2 Å². The van der Waals surface area contributed by atoms with Gasteiger partial charge in [0.2, 0.25) is 0 Å². The molecule has 0 aliphatic carbocycles. The van der Waals surface area contributed by atoms with Gasteiger partial charge in [0.25, 0.3) is 0 Å². The molecule has 0 spiro atoms. The van der Waals surface area contributed by atoms with E-state index < -0.39 is 17.2 Å². The molecule has 1 aromatic carbocycles. The lowest BCUT2D eigenvalue weighted by Gasteiger charge is -2.29. The van der Waals surface area contributed by atoms with Crippen molar-refractivity contribution in [1.29, 1.82) is 0 Å². The number of rotatable bonds is 8. The molecule has 0 fully saturated rings. The lowest BCUT2D eigenvalue weighted by molar-refractivity contribution is -0.170. The molecule has 0 radical (unpaired) electrons. The summed E-state index contributed by atoms with van der Waals surface area (Å²) in [5, 5.41) is 3.16. The number of nitrogens with one attached hydrogen (secondary N) is 1. The number of benzene rings is 1. The van der Waals surface area contributed by atoms with Crippen LogP contribution in [0.5, 0.6) is 5.75 Å². The highest BCUT2D eigenvalue weighted by molar-refractivity contribution is 5.79. The Bertz CT molecular complexity index is 602. The van der Waals surface area contributed by atoms with Crippen LogP contribution in [0.3, 0.4) is 0 Å². The van der Waals surface area contributed by atoms with Crippen LogP contribution in [0.25, 0.3) is 0 Å². The lowest BCUT2D eigenvalue weighted by Crippen LogP contribution is -2.43. The second-order valence-corrected chi connectivity index (χ2v) is 7.62. The van der Waals surface area contributed by atoms with E-state index in [0.717, 1.165) is 5.56 Å². The molecule has 1 atom stereocenters. The topological polar surface area (TPSA) is 73.9 Å². The molecule has 26 heavy (non-hydrogen) atoms. The summed E-state index contributed by atoms with van der Waals surface area (Å²) in [7, 11) is 1.38. The fraction of sp³-hybridized carbons (Fsp3) is 0.600. The molecule has 6 heteroatoms. The average Bonchev–Trinajstić information content (AvgIpc) is 2.54. The van der Waals surface area contributed by atoms with Gasteiger partial charge < -0.3 is 19.5 Å². The highest BCUT2D eigenvalue weighted by Crippen LogP contribution is 2.22. The quantitative estimate of drug-likeness (QED) is 0.713. The smallest absolute Gasteiger partial charge is 0.350 e. The number of ether oxygens (including phenoxy) is 3. The molecule has 0 aliphatic rings. The molecule has 0 amide bonds. The molecule has 0 bridgehead atoms. The molecule has 0 aromatic heterocycles. The Hall–Kier alpha value is -2.08. The van der Waals surface area contributed by atoms with E-state index in [1.807, 2.05) is 39.8 Å². The summed E-state index contributed by atoms with van der Waals surface area (Å²) in [6.07, 6.45) is 0.651. The highest BCUT2D eigenvalue weighted by atomic mass is 16.6. The maximum absolute atomic E-state index is 12.3. The highest BCUT2D eigenvalue weighted by Gasteiger charge is 2.34. The van der Waals surface area contributed by atoms with Crippen LogP contribution in [0.15, 0.2) is 24.3 Å². The Morgan fingerprint density at radius 2 is 1.65 bits per heavy atom. The second-order valence-electron chi connectivity index (χ2n) is 7.62. The van der Waals surface area contributed by atoms with Crippen LogP contribution < -0.4 is 10.1 Å². The molecule has 1 N–H and O–H groups in total. The number of carbonyl (C=O) groups is 2. The third kappa shape index (κ3) is 7.04. The van der Waals surface area contributed by atoms with E-state index in [1.54, 1.807) is 26.0 Å². The van der Waals surface area contributed by atoms with Gasteiger partial charge in [0, 0.05) is 6.54 Å². The predicted molar refractivity (Wildman–Crippen MR) is 99.9 cm³/mol. The summed E-state index contributed by atoms with van der Waals surface area (Å²) in [4.78, 5) is 23.8. The molecule has 1 aromatic rings. The Morgan fingerprint density at radius 3 is 2.12 bits per heavy atom. The van der Waals surface area contributed by atoms with Crippen molar-refractivity contribution in [2.24, 2.45) is 0 Å². The van der Waals surface area contributed by atoms with Crippen molar-refractivity contribution < 1.29 is 23.8 Å². The van der Waals surface area contributed by atoms with E-state index >= 15 is 0 Å². The minimum absolute atomic E-state index is 0.272. The molecule has 6 nitrogen and oxygen atoms in total. The van der Waals surface area contributed by atoms with Crippen molar-refractivity contribution in [2.45, 2.75) is 71.8 Å². The molecule has 0 saturated carbocycles. The molecular weight excluding hydrogens is 334 g/mol. The van der Waals surface area contributed by atoms with Gasteiger partial charge in [-0.3, -0.25) is 4.79 Å². The summed E-state index contributed by atoms with van der Waals surface area (Å²) in [6, 6.07) is 7.03. The Morgan fingerprint density at radius 1 is 1.08 bits per heavy atom. The van der Waals surface area contributed by atoms with E-state index in [-0.39, 0.29) is 12.0 Å². The van der Waals surface area contributed by atoms with Crippen LogP contribution in [-0.2, 0) is 25.6 Å². The molecule has 1 unspecified atom stereocenters. The zero-order chi connectivity index (χ0) is 20.0. The van der Waals surface area contributed by atoms with Gasteiger partial charge in [0.1, 0.15) is 17.4 Å². The largest absolute Gasteiger partial charge is 0.476 e. The SMILES string of the molecule is CCC(NCc1ccc(OC(C)(C)C(=O)OC(C)(C)C)cc1)C(=O)OC. The van der Waals surface area contributed by atoms with Crippen molar-refractivity contribution in [1.82, 2.24) is 5.32 Å². The van der Waals surface area contributed by atoms with Gasteiger partial charge in [0.15, 0.2) is 5.60 Å². The van der Waals surface area contributed by atoms with Gasteiger partial charge in [-0.2, -0.15) is 0 Å². The number of hydrogen-bond acceptors (Lipinski definition) is 6. The Kier molecular flexibility index (Phi) is 7.63. The van der Waals surface area contributed by atoms with Crippen LogP contribution in [0.1, 0.15) is 53.5 Å². The van der Waals surface area contributed by atoms with Crippen LogP contribution in [0, 0.1) is 0 Å². The van der Waals surface area contributed by atoms with Gasteiger partial charge >= 0.3 is 11.9 Å². The van der Waals surface area contributed by atoms with Crippen LogP contribution in [-0.4, -0.2) is 36.3 Å². The van der Waals surface area contributed by atoms with Gasteiger partial charge in [0.05, 0.1) is 7.11 Å². The van der Waals surface area contributed by atoms with Crippen molar-refractivity contribution in [3.05, 3.63) is 29.8 Å². The summed E-state index contributed by atoms with van der Waals surface area (Å²) in [6.45, 7) is 11.3. The normalized spacial score (nSPS) is 13.0. The number of esters is 2. The van der Waals surface area contributed by atoms with E-state index in [9.17, 15) is 9.59 Å². The average molecular weight is 365 g/mol. The fourth-order valence-electron chi connectivity index (χ4n) is 2.19. The van der Waals surface area contributed by atoms with Crippen molar-refractivity contribution in [2.75, 3.05) is 7.11 Å². The van der Waals surface area contributed by atoms with Crippen LogP contribution in [0.4, 0.5) is 0 Å². The molecule has 0 saturated heterocycles. The second kappa shape index (κ2) is 9.03. The summed E-state index contributed by atoms with van der Waals surface area (Å²) >= 11 is 0. The van der Waals surface area contributed by atoms with Crippen molar-refractivity contribution >= 4 is 11.9 Å². The first-order chi connectivity index (χ1) is 12.0. The molecule has 0 heterocycles. The Labute approximate surface area is 156 Å². The van der Waals surface area contributed by atoms with Gasteiger partial charge in [-0.15, -0.1) is 0 Å². The number of methoxy groups -OCH3 is 1. The Balaban J connectivity index is 2.67. The zero-order valence-electron chi connectivity index (χ0n) is 16.8. The first kappa shape index (κ1) is 22.0. The number of hydrogen-bond donors (Lipinski definition) is 1. The molecular formula is C20H31NO5. The summed E-state index contributed by atoms with van der Waals surface area (Å²) < 4.78 is 15.9. The monoisotopic (exact) mass is 365 g/mol. The third-order valence-corrected chi connectivity index (χ3v) is 3.63. The predicted octanol–water partition coefficient (Wildman–Crippen LogP) is 3.23. The van der Waals surface area contributed by atoms with Crippen LogP contribution >= 0.6 is 0 Å². The van der Waals surface area contributed by atoms with E-state index in [1.165, 1.54) is 7.11 Å². The van der Waals surface area contributed by atoms with Gasteiger partial charge in [-0.1, -0.05) is 19.1 Å². The molecule has 146 valence electrons. The standard InChI is InChI=1S/C20H31NO5/c1-8-16(17(22)24-7)21-13-14-9-11-15(12-10-14)25-20(5,6)18(23)26-19(2,3)4/h9-12,16,21H,8,13H2,1-7H3. The minimum atomic E-state index is -1.09. The fourth-order valence-corrected chi connectivity index (χ4v) is 2.19. The van der Waals surface area contributed by atoms with E-state index in [2.05, 4.69) is 5.32 Å². The first-order valence-corrected chi connectivity index (χ1v) is 8.81. The first-order valence-electron chi connectivity index (χ1n) is 8.81. The van der Waals surface area contributed by atoms with Gasteiger partial charge in [-0.25, -0.2) is 4.79 Å². The summed E-state index contributed by atoms with van der Waals surface area (Å²) in [5.74, 6) is -0.115. The lowest BCUT2D eigenvalue weighted by atomic mass is 10.1. The van der Waals surface area contributed by atoms with E-state index in [0.29, 0.717) is 18.7 Å². The molecule has 1 rings (SSSR count). The van der Waals surface area contributed by atoms with Gasteiger partial charge in [-0.05, 0) is 58.7 Å². The van der Waals surface area contributed by atoms with Crippen LogP contribution in [0.2, 0.25) is 0 Å². The maximum Gasteiger partial charge on any atom is 0.350 e. The maximum atomic E-state index is 12.3. The van der Waals surface area contributed by atoms with Crippen molar-refractivity contribution in [3.8, 4) is 5.75 Å². The molecule has 0 aliphatic heterocycles. The van der Waals surface area contributed by atoms with Crippen molar-refractivity contribution in [3.63, 3.8) is 0 Å². The zero-order valence-corrected chi connectivity index (χ0v) is 16.8. The minimum Gasteiger partial charge on any atom is -0.476 e. The summed E-state index contributed by atoms with van der Waals surface area (Å²) in [5.41, 5.74) is -0.664. The number of carbonyl (C=O) groups excluding carboxylic acids is 2.